The first-order valence-electron chi connectivity index (χ1n) is 14.5. The van der Waals surface area contributed by atoms with Crippen LogP contribution in [-0.4, -0.2) is 72.8 Å². The molecule has 0 spiro atoms. The predicted octanol–water partition coefficient (Wildman–Crippen LogP) is 4.45. The molecule has 45 heavy (non-hydrogen) atoms. The number of hydrogen-bond donors (Lipinski definition) is 3. The van der Waals surface area contributed by atoms with Crippen molar-refractivity contribution in [2.45, 2.75) is 32.4 Å². The molecule has 13 heteroatoms. The highest BCUT2D eigenvalue weighted by molar-refractivity contribution is 6.03. The number of rotatable bonds is 10. The van der Waals surface area contributed by atoms with Crippen molar-refractivity contribution in [3.63, 3.8) is 0 Å². The van der Waals surface area contributed by atoms with Gasteiger partial charge in [0.15, 0.2) is 11.5 Å². The van der Waals surface area contributed by atoms with Crippen LogP contribution in [-0.2, 0) is 11.3 Å². The zero-order valence-electron chi connectivity index (χ0n) is 24.8. The summed E-state index contributed by atoms with van der Waals surface area (Å²) in [6.07, 6.45) is 4.28. The largest absolute Gasteiger partial charge is 0.497 e. The third-order valence-corrected chi connectivity index (χ3v) is 7.48. The van der Waals surface area contributed by atoms with Gasteiger partial charge in [0.2, 0.25) is 17.7 Å². The van der Waals surface area contributed by atoms with Crippen molar-refractivity contribution in [3.05, 3.63) is 84.2 Å². The molecule has 3 aromatic heterocycles. The van der Waals surface area contributed by atoms with E-state index in [1.807, 2.05) is 40.8 Å². The summed E-state index contributed by atoms with van der Waals surface area (Å²) in [7, 11) is 1.63. The number of ether oxygens (including phenoxy) is 2. The van der Waals surface area contributed by atoms with Gasteiger partial charge in [-0.3, -0.25) is 14.9 Å². The Labute approximate surface area is 258 Å². The molecule has 0 unspecified atom stereocenters. The van der Waals surface area contributed by atoms with Crippen molar-refractivity contribution < 1.29 is 24.2 Å². The fourth-order valence-corrected chi connectivity index (χ4v) is 5.18. The van der Waals surface area contributed by atoms with E-state index < -0.39 is 5.91 Å². The van der Waals surface area contributed by atoms with E-state index in [0.717, 1.165) is 17.7 Å². The molecule has 1 aliphatic rings. The lowest BCUT2D eigenvalue weighted by molar-refractivity contribution is -0.129. The maximum absolute atomic E-state index is 12.7. The van der Waals surface area contributed by atoms with Gasteiger partial charge in [-0.05, 0) is 48.4 Å². The van der Waals surface area contributed by atoms with Gasteiger partial charge in [0, 0.05) is 55.6 Å². The van der Waals surface area contributed by atoms with E-state index in [9.17, 15) is 14.7 Å². The second-order valence-electron chi connectivity index (χ2n) is 10.5. The topological polar surface area (TPSA) is 157 Å². The van der Waals surface area contributed by atoms with Crippen molar-refractivity contribution in [1.82, 2.24) is 29.6 Å². The first-order chi connectivity index (χ1) is 21.9. The number of fused-ring (bicyclic) bond motifs is 1. The van der Waals surface area contributed by atoms with Gasteiger partial charge in [-0.15, -0.1) is 0 Å². The highest BCUT2D eigenvalue weighted by Crippen LogP contribution is 2.35. The van der Waals surface area contributed by atoms with Gasteiger partial charge in [-0.25, -0.2) is 14.6 Å². The Balaban J connectivity index is 1.27. The van der Waals surface area contributed by atoms with Gasteiger partial charge >= 0.3 is 0 Å². The fourth-order valence-electron chi connectivity index (χ4n) is 5.18. The van der Waals surface area contributed by atoms with Crippen LogP contribution in [0.1, 0.15) is 35.7 Å². The summed E-state index contributed by atoms with van der Waals surface area (Å²) in [5.74, 6) is 1.87. The smallest absolute Gasteiger partial charge is 0.258 e. The van der Waals surface area contributed by atoms with Gasteiger partial charge < -0.3 is 24.8 Å². The van der Waals surface area contributed by atoms with Crippen LogP contribution in [0.4, 0.5) is 11.8 Å². The zero-order chi connectivity index (χ0) is 31.3. The summed E-state index contributed by atoms with van der Waals surface area (Å²) in [5.41, 5.74) is 2.01. The molecular weight excluding hydrogens is 576 g/mol. The number of aromatic nitrogens is 5. The number of benzene rings is 2. The molecule has 2 aromatic carbocycles. The molecule has 1 aliphatic heterocycles. The lowest BCUT2D eigenvalue weighted by Crippen LogP contribution is -2.31. The first-order valence-corrected chi connectivity index (χ1v) is 14.5. The minimum atomic E-state index is -0.433. The lowest BCUT2D eigenvalue weighted by Gasteiger charge is -2.16. The van der Waals surface area contributed by atoms with E-state index in [1.54, 1.807) is 43.6 Å². The Morgan fingerprint density at radius 1 is 1.00 bits per heavy atom. The number of carbonyl (C=O) groups excluding carboxylic acids is 2. The number of amides is 2. The number of nitrogens with zero attached hydrogens (tertiary/aromatic N) is 6. The molecule has 5 aromatic rings. The van der Waals surface area contributed by atoms with Gasteiger partial charge in [0.1, 0.15) is 22.6 Å². The summed E-state index contributed by atoms with van der Waals surface area (Å²) in [6, 6.07) is 17.5. The number of anilines is 2. The minimum absolute atomic E-state index is 0.00405. The quantitative estimate of drug-likeness (QED) is 0.207. The lowest BCUT2D eigenvalue weighted by atomic mass is 10.2. The maximum Gasteiger partial charge on any atom is 0.258 e. The van der Waals surface area contributed by atoms with Crippen LogP contribution in [0.3, 0.4) is 0 Å². The van der Waals surface area contributed by atoms with Crippen molar-refractivity contribution in [3.8, 4) is 23.1 Å². The van der Waals surface area contributed by atoms with Crippen molar-refractivity contribution in [2.24, 2.45) is 0 Å². The molecule has 1 atom stereocenters. The summed E-state index contributed by atoms with van der Waals surface area (Å²) in [6.45, 7) is 3.62. The van der Waals surface area contributed by atoms with Crippen LogP contribution in [0, 0.1) is 0 Å². The highest BCUT2D eigenvalue weighted by atomic mass is 16.5. The molecule has 0 radical (unpaired) electrons. The average Bonchev–Trinajstić information content (AvgIpc) is 3.66. The van der Waals surface area contributed by atoms with Crippen molar-refractivity contribution >= 4 is 34.6 Å². The van der Waals surface area contributed by atoms with Crippen LogP contribution in [0.15, 0.2) is 73.1 Å². The molecule has 1 fully saturated rings. The monoisotopic (exact) mass is 608 g/mol. The summed E-state index contributed by atoms with van der Waals surface area (Å²) < 4.78 is 13.5. The fraction of sp³-hybridized carbons (Fsp3) is 0.250. The molecule has 0 aliphatic carbocycles. The summed E-state index contributed by atoms with van der Waals surface area (Å²) in [5, 5.41) is 21.2. The number of hydrogen-bond acceptors (Lipinski definition) is 10. The standard InChI is InChI=1S/C32H32N8O5/c1-3-27(42)39-17-14-22(19-39)35-29-28-25(12-15-33-30(28)40(38-29)18-20-4-8-23(44-2)9-5-20)45-24-10-6-21(7-11-24)31(43)37-32-34-16-13-26(41)36-32/h4-13,15-16,22H,3,14,17-19H2,1-2H3,(H,35,38)(H2,34,36,37,41,43)/t22-/m1/s1. The summed E-state index contributed by atoms with van der Waals surface area (Å²) >= 11 is 0. The van der Waals surface area contributed by atoms with E-state index in [4.69, 9.17) is 14.6 Å². The van der Waals surface area contributed by atoms with Gasteiger partial charge in [0.05, 0.1) is 13.7 Å². The van der Waals surface area contributed by atoms with Crippen LogP contribution in [0.5, 0.6) is 23.1 Å². The molecule has 230 valence electrons. The molecule has 3 N–H and O–H groups in total. The normalized spacial score (nSPS) is 14.4. The molecule has 2 amide bonds. The molecule has 1 saturated heterocycles. The molecule has 6 rings (SSSR count). The Morgan fingerprint density at radius 3 is 2.49 bits per heavy atom. The number of nitrogens with one attached hydrogen (secondary N) is 2. The minimum Gasteiger partial charge on any atom is -0.497 e. The molecule has 0 bridgehead atoms. The third-order valence-electron chi connectivity index (χ3n) is 7.48. The molecule has 0 saturated carbocycles. The van der Waals surface area contributed by atoms with Crippen LogP contribution in [0.2, 0.25) is 0 Å². The Morgan fingerprint density at radius 2 is 1.76 bits per heavy atom. The molecule has 4 heterocycles. The highest BCUT2D eigenvalue weighted by Gasteiger charge is 2.27. The van der Waals surface area contributed by atoms with Crippen molar-refractivity contribution in [2.75, 3.05) is 30.8 Å². The Hall–Kier alpha value is -5.72. The maximum atomic E-state index is 12.7. The zero-order valence-corrected chi connectivity index (χ0v) is 24.8. The first kappa shape index (κ1) is 29.4. The third kappa shape index (κ3) is 6.61. The number of likely N-dealkylation sites (tertiary alicyclic amines) is 1. The van der Waals surface area contributed by atoms with E-state index in [-0.39, 0.29) is 23.8 Å². The van der Waals surface area contributed by atoms with Gasteiger partial charge in [-0.1, -0.05) is 19.1 Å². The number of aromatic hydroxyl groups is 1. The molecule has 13 nitrogen and oxygen atoms in total. The number of methoxy groups -OCH3 is 1. The molecular formula is C32H32N8O5. The second-order valence-corrected chi connectivity index (χ2v) is 10.5. The van der Waals surface area contributed by atoms with E-state index in [0.29, 0.717) is 60.0 Å². The van der Waals surface area contributed by atoms with Gasteiger partial charge in [-0.2, -0.15) is 10.1 Å². The van der Waals surface area contributed by atoms with Crippen LogP contribution >= 0.6 is 0 Å². The number of pyridine rings is 1. The van der Waals surface area contributed by atoms with E-state index in [2.05, 4.69) is 25.6 Å². The van der Waals surface area contributed by atoms with Crippen LogP contribution < -0.4 is 20.1 Å². The Bertz CT molecular complexity index is 1820. The average molecular weight is 609 g/mol. The Kier molecular flexibility index (Phi) is 8.40. The number of carbonyl (C=O) groups is 2. The van der Waals surface area contributed by atoms with E-state index in [1.165, 1.54) is 12.3 Å². The summed E-state index contributed by atoms with van der Waals surface area (Å²) in [4.78, 5) is 39.2. The van der Waals surface area contributed by atoms with Crippen molar-refractivity contribution in [1.29, 1.82) is 0 Å². The van der Waals surface area contributed by atoms with E-state index >= 15 is 0 Å². The van der Waals surface area contributed by atoms with Crippen LogP contribution in [0.25, 0.3) is 11.0 Å². The predicted molar refractivity (Wildman–Crippen MR) is 167 cm³/mol. The SMILES string of the molecule is CCC(=O)N1CC[C@@H](Nc2nn(Cc3ccc(OC)cc3)c3nccc(Oc4ccc(C(=O)Nc5nccc(O)n5)cc4)c23)C1. The van der Waals surface area contributed by atoms with Gasteiger partial charge in [0.25, 0.3) is 5.91 Å². The second kappa shape index (κ2) is 12.9.